The quantitative estimate of drug-likeness (QED) is 0.561. The number of ether oxygens (including phenoxy) is 1. The zero-order valence-corrected chi connectivity index (χ0v) is 20.6. The van der Waals surface area contributed by atoms with E-state index in [2.05, 4.69) is 25.3 Å². The van der Waals surface area contributed by atoms with Crippen molar-refractivity contribution in [2.45, 2.75) is 45.6 Å². The van der Waals surface area contributed by atoms with Gasteiger partial charge in [-0.05, 0) is 33.6 Å². The van der Waals surface area contributed by atoms with Crippen molar-refractivity contribution in [2.75, 3.05) is 26.7 Å². The lowest BCUT2D eigenvalue weighted by Crippen LogP contribution is -2.46. The van der Waals surface area contributed by atoms with E-state index in [4.69, 9.17) is 0 Å². The summed E-state index contributed by atoms with van der Waals surface area (Å²) in [5.41, 5.74) is 1.02. The molecule has 0 saturated carbocycles. The Balaban J connectivity index is 1.51. The first kappa shape index (κ1) is 24.8. The van der Waals surface area contributed by atoms with Gasteiger partial charge in [-0.3, -0.25) is 19.2 Å². The summed E-state index contributed by atoms with van der Waals surface area (Å²) in [5, 5.41) is 8.38. The number of aromatic nitrogens is 2. The Labute approximate surface area is 199 Å². The fourth-order valence-corrected chi connectivity index (χ4v) is 5.36. The van der Waals surface area contributed by atoms with E-state index in [1.807, 2.05) is 18.7 Å². The molecule has 3 heterocycles. The van der Waals surface area contributed by atoms with Crippen LogP contribution < -0.4 is 10.6 Å². The number of carbonyl (C=O) groups excluding carboxylic acids is 4. The predicted molar refractivity (Wildman–Crippen MR) is 124 cm³/mol. The minimum Gasteiger partial charge on any atom is -0.468 e. The second kappa shape index (κ2) is 10.8. The number of rotatable bonds is 7. The van der Waals surface area contributed by atoms with Gasteiger partial charge in [0.2, 0.25) is 5.91 Å². The van der Waals surface area contributed by atoms with Crippen molar-refractivity contribution in [3.8, 4) is 0 Å². The normalized spacial score (nSPS) is 15.1. The lowest BCUT2D eigenvalue weighted by atomic mass is 9.97. The van der Waals surface area contributed by atoms with Crippen molar-refractivity contribution >= 4 is 46.4 Å². The van der Waals surface area contributed by atoms with E-state index < -0.39 is 23.8 Å². The van der Waals surface area contributed by atoms with Crippen molar-refractivity contribution in [2.24, 2.45) is 0 Å². The van der Waals surface area contributed by atoms with Crippen LogP contribution in [-0.2, 0) is 14.3 Å². The minimum atomic E-state index is -0.833. The Morgan fingerprint density at radius 1 is 1.21 bits per heavy atom. The monoisotopic (exact) mass is 493 g/mol. The van der Waals surface area contributed by atoms with Crippen LogP contribution in [0.2, 0.25) is 0 Å². The highest BCUT2D eigenvalue weighted by Gasteiger charge is 2.29. The van der Waals surface area contributed by atoms with E-state index in [0.717, 1.165) is 28.6 Å². The molecule has 0 spiro atoms. The number of hydrogen-bond donors (Lipinski definition) is 2. The number of thiazole rings is 2. The summed E-state index contributed by atoms with van der Waals surface area (Å²) in [6.07, 6.45) is 1.53. The second-order valence-electron chi connectivity index (χ2n) is 7.77. The summed E-state index contributed by atoms with van der Waals surface area (Å²) in [6, 6.07) is -0.833. The fraction of sp³-hybridized carbons (Fsp3) is 0.524. The molecule has 178 valence electrons. The molecule has 0 radical (unpaired) electrons. The van der Waals surface area contributed by atoms with E-state index >= 15 is 0 Å². The van der Waals surface area contributed by atoms with Gasteiger partial charge < -0.3 is 20.3 Å². The number of piperidine rings is 1. The molecule has 1 fully saturated rings. The highest BCUT2D eigenvalue weighted by Crippen LogP contribution is 2.31. The molecule has 33 heavy (non-hydrogen) atoms. The van der Waals surface area contributed by atoms with Crippen LogP contribution in [0.1, 0.15) is 61.6 Å². The van der Waals surface area contributed by atoms with Crippen LogP contribution in [0.15, 0.2) is 5.38 Å². The fourth-order valence-electron chi connectivity index (χ4n) is 3.50. The summed E-state index contributed by atoms with van der Waals surface area (Å²) < 4.78 is 4.47. The molecule has 2 N–H and O–H groups in total. The number of methoxy groups -OCH3 is 1. The van der Waals surface area contributed by atoms with Crippen LogP contribution >= 0.6 is 22.7 Å². The van der Waals surface area contributed by atoms with Crippen LogP contribution in [0.25, 0.3) is 0 Å². The average Bonchev–Trinajstić information content (AvgIpc) is 3.43. The van der Waals surface area contributed by atoms with Gasteiger partial charge in [-0.2, -0.15) is 0 Å². The molecule has 1 saturated heterocycles. The van der Waals surface area contributed by atoms with Crippen LogP contribution in [0.3, 0.4) is 0 Å². The molecule has 1 aliphatic rings. The highest BCUT2D eigenvalue weighted by atomic mass is 32.1. The number of hydrogen-bond acceptors (Lipinski definition) is 9. The van der Waals surface area contributed by atoms with Gasteiger partial charge in [0.25, 0.3) is 11.8 Å². The summed E-state index contributed by atoms with van der Waals surface area (Å²) >= 11 is 2.83. The molecule has 3 amide bonds. The van der Waals surface area contributed by atoms with Crippen molar-refractivity contribution in [3.05, 3.63) is 31.7 Å². The van der Waals surface area contributed by atoms with Crippen LogP contribution in [0, 0.1) is 13.8 Å². The Morgan fingerprint density at radius 3 is 2.52 bits per heavy atom. The maximum Gasteiger partial charge on any atom is 0.325 e. The molecule has 12 heteroatoms. The Morgan fingerprint density at radius 2 is 1.91 bits per heavy atom. The number of esters is 1. The molecule has 0 aromatic carbocycles. The zero-order valence-electron chi connectivity index (χ0n) is 19.0. The molecule has 2 aromatic rings. The molecule has 10 nitrogen and oxygen atoms in total. The SMILES string of the molecule is COC(=O)CNC(=O)C(C)NC(=O)c1csc(C2CCN(C(=O)c3sc(C)nc3C)CC2)n1. The third kappa shape index (κ3) is 6.14. The summed E-state index contributed by atoms with van der Waals surface area (Å²) in [6.45, 7) is 6.26. The second-order valence-corrected chi connectivity index (χ2v) is 9.87. The van der Waals surface area contributed by atoms with Crippen molar-refractivity contribution in [3.63, 3.8) is 0 Å². The number of carbonyl (C=O) groups is 4. The standard InChI is InChI=1S/C21H27N5O5S2/c1-11-17(33-13(3)23-11)21(30)26-7-5-14(6-8-26)20-25-15(10-32-20)19(29)24-12(2)18(28)22-9-16(27)31-4/h10,12,14H,5-9H2,1-4H3,(H,22,28)(H,24,29). The first-order chi connectivity index (χ1) is 15.7. The number of likely N-dealkylation sites (tertiary alicyclic amines) is 1. The van der Waals surface area contributed by atoms with Gasteiger partial charge in [-0.15, -0.1) is 22.7 Å². The summed E-state index contributed by atoms with van der Waals surface area (Å²) in [7, 11) is 1.23. The van der Waals surface area contributed by atoms with E-state index in [-0.39, 0.29) is 24.1 Å². The Bertz CT molecular complexity index is 1040. The molecule has 3 rings (SSSR count). The third-order valence-corrected chi connectivity index (χ3v) is 7.43. The molecule has 1 unspecified atom stereocenters. The van der Waals surface area contributed by atoms with E-state index in [1.54, 1.807) is 5.38 Å². The number of aryl methyl sites for hydroxylation is 2. The molecular weight excluding hydrogens is 466 g/mol. The van der Waals surface area contributed by atoms with E-state index in [0.29, 0.717) is 18.0 Å². The smallest absolute Gasteiger partial charge is 0.325 e. The predicted octanol–water partition coefficient (Wildman–Crippen LogP) is 1.64. The molecule has 0 bridgehead atoms. The van der Waals surface area contributed by atoms with Crippen LogP contribution in [-0.4, -0.2) is 71.3 Å². The van der Waals surface area contributed by atoms with Gasteiger partial charge in [0, 0.05) is 24.4 Å². The maximum atomic E-state index is 12.8. The number of nitrogens with one attached hydrogen (secondary N) is 2. The van der Waals surface area contributed by atoms with Gasteiger partial charge in [0.15, 0.2) is 0 Å². The zero-order chi connectivity index (χ0) is 24.1. The Kier molecular flexibility index (Phi) is 8.14. The van der Waals surface area contributed by atoms with Gasteiger partial charge in [0.05, 0.1) is 22.8 Å². The van der Waals surface area contributed by atoms with E-state index in [9.17, 15) is 19.2 Å². The maximum absolute atomic E-state index is 12.8. The molecule has 0 aliphatic carbocycles. The molecule has 2 aromatic heterocycles. The van der Waals surface area contributed by atoms with Gasteiger partial charge in [-0.25, -0.2) is 9.97 Å². The van der Waals surface area contributed by atoms with Crippen LogP contribution in [0.4, 0.5) is 0 Å². The lowest BCUT2D eigenvalue weighted by molar-refractivity contribution is -0.141. The number of nitrogens with zero attached hydrogens (tertiary/aromatic N) is 3. The molecular formula is C21H27N5O5S2. The van der Waals surface area contributed by atoms with E-state index in [1.165, 1.54) is 36.7 Å². The van der Waals surface area contributed by atoms with Crippen molar-refractivity contribution in [1.82, 2.24) is 25.5 Å². The molecule has 1 atom stereocenters. The summed E-state index contributed by atoms with van der Waals surface area (Å²) in [4.78, 5) is 59.8. The first-order valence-corrected chi connectivity index (χ1v) is 12.2. The highest BCUT2D eigenvalue weighted by molar-refractivity contribution is 7.13. The number of amides is 3. The van der Waals surface area contributed by atoms with Crippen molar-refractivity contribution in [1.29, 1.82) is 0 Å². The summed E-state index contributed by atoms with van der Waals surface area (Å²) in [5.74, 6) is -1.33. The average molecular weight is 494 g/mol. The lowest BCUT2D eigenvalue weighted by Gasteiger charge is -2.30. The first-order valence-electron chi connectivity index (χ1n) is 10.5. The minimum absolute atomic E-state index is 0.0234. The van der Waals surface area contributed by atoms with Gasteiger partial charge in [0.1, 0.15) is 23.2 Å². The topological polar surface area (TPSA) is 131 Å². The van der Waals surface area contributed by atoms with Crippen LogP contribution in [0.5, 0.6) is 0 Å². The van der Waals surface area contributed by atoms with Gasteiger partial charge >= 0.3 is 5.97 Å². The molecule has 1 aliphatic heterocycles. The van der Waals surface area contributed by atoms with Gasteiger partial charge in [-0.1, -0.05) is 0 Å². The largest absolute Gasteiger partial charge is 0.468 e. The Hall–Kier alpha value is -2.86. The van der Waals surface area contributed by atoms with Crippen molar-refractivity contribution < 1.29 is 23.9 Å². The third-order valence-electron chi connectivity index (χ3n) is 5.36.